The fraction of sp³-hybridized carbons (Fsp3) is 0.364. The molecule has 0 spiro atoms. The Bertz CT molecular complexity index is 808. The highest BCUT2D eigenvalue weighted by Crippen LogP contribution is 2.35. The van der Waals surface area contributed by atoms with Gasteiger partial charge in [-0.3, -0.25) is 9.59 Å². The van der Waals surface area contributed by atoms with Crippen LogP contribution in [0.2, 0.25) is 5.02 Å². The third-order valence-electron chi connectivity index (χ3n) is 4.00. The van der Waals surface area contributed by atoms with Gasteiger partial charge in [0, 0.05) is 32.9 Å². The molecule has 0 unspecified atom stereocenters. The highest BCUT2D eigenvalue weighted by atomic mass is 35.5. The molecule has 2 amide bonds. The second-order valence-corrected chi connectivity index (χ2v) is 10.2. The van der Waals surface area contributed by atoms with Crippen LogP contribution < -0.4 is 0 Å². The van der Waals surface area contributed by atoms with Crippen LogP contribution in [0.15, 0.2) is 54.6 Å². The van der Waals surface area contributed by atoms with Crippen molar-refractivity contribution in [2.75, 3.05) is 5.75 Å². The molecule has 0 saturated heterocycles. The maximum Gasteiger partial charge on any atom is 0.283 e. The quantitative estimate of drug-likeness (QED) is 0.203. The number of halogens is 1. The van der Waals surface area contributed by atoms with Crippen molar-refractivity contribution >= 4 is 45.2 Å². The van der Waals surface area contributed by atoms with Crippen LogP contribution in [-0.4, -0.2) is 32.5 Å². The van der Waals surface area contributed by atoms with Crippen molar-refractivity contribution in [1.82, 2.24) is 9.42 Å². The number of amides is 2. The lowest BCUT2D eigenvalue weighted by Crippen LogP contribution is -2.55. The molecule has 156 valence electrons. The molecule has 0 heterocycles. The molecule has 0 N–H and O–H groups in total. The molecule has 2 aromatic rings. The van der Waals surface area contributed by atoms with E-state index in [1.165, 1.54) is 15.4 Å². The van der Waals surface area contributed by atoms with Crippen LogP contribution in [0.1, 0.15) is 61.3 Å². The minimum Gasteiger partial charge on any atom is -0.267 e. The van der Waals surface area contributed by atoms with Crippen molar-refractivity contribution in [3.63, 3.8) is 0 Å². The van der Waals surface area contributed by atoms with E-state index < -0.39 is 5.54 Å². The minimum absolute atomic E-state index is 0.219. The molecule has 2 aromatic carbocycles. The van der Waals surface area contributed by atoms with Gasteiger partial charge in [-0.1, -0.05) is 53.9 Å². The molecule has 0 fully saturated rings. The monoisotopic (exact) mass is 450 g/mol. The number of carbonyl (C=O) groups is 2. The normalized spacial score (nSPS) is 11.2. The van der Waals surface area contributed by atoms with Gasteiger partial charge in [0.2, 0.25) is 0 Å². The predicted molar refractivity (Wildman–Crippen MR) is 125 cm³/mol. The van der Waals surface area contributed by atoms with E-state index in [-0.39, 0.29) is 11.8 Å². The first-order valence-corrected chi connectivity index (χ1v) is 12.2. The molecular weight excluding hydrogens is 424 g/mol. The average molecular weight is 451 g/mol. The molecule has 2 rings (SSSR count). The summed E-state index contributed by atoms with van der Waals surface area (Å²) in [5.74, 6) is 0.419. The fourth-order valence-electron chi connectivity index (χ4n) is 2.51. The van der Waals surface area contributed by atoms with Crippen molar-refractivity contribution in [2.24, 2.45) is 0 Å². The van der Waals surface area contributed by atoms with E-state index in [2.05, 4.69) is 6.92 Å². The topological polar surface area (TPSA) is 40.6 Å². The Labute approximate surface area is 186 Å². The average Bonchev–Trinajstić information content (AvgIpc) is 2.69. The summed E-state index contributed by atoms with van der Waals surface area (Å²) >= 11 is 5.98. The number of hydrogen-bond donors (Lipinski definition) is 0. The van der Waals surface area contributed by atoms with E-state index >= 15 is 0 Å². The standard InChI is InChI=1S/C22H27ClN2O2S2/c1-5-6-16-28-29-25(21(27)18-12-14-19(23)15-13-18)24(22(2,3)4)20(26)17-10-8-7-9-11-17/h7-15H,5-6,16H2,1-4H3. The maximum atomic E-state index is 13.4. The fourth-order valence-corrected chi connectivity index (χ4v) is 5.06. The summed E-state index contributed by atoms with van der Waals surface area (Å²) in [6, 6.07) is 15.8. The van der Waals surface area contributed by atoms with Crippen LogP contribution in [0, 0.1) is 0 Å². The lowest BCUT2D eigenvalue weighted by atomic mass is 10.1. The number of nitrogens with zero attached hydrogens (tertiary/aromatic N) is 2. The van der Waals surface area contributed by atoms with Gasteiger partial charge in [0.05, 0.1) is 5.54 Å². The van der Waals surface area contributed by atoms with E-state index in [4.69, 9.17) is 11.6 Å². The molecule has 0 aromatic heterocycles. The Morgan fingerprint density at radius 3 is 2.07 bits per heavy atom. The molecule has 0 saturated carbocycles. The van der Waals surface area contributed by atoms with Crippen LogP contribution in [0.5, 0.6) is 0 Å². The number of carbonyl (C=O) groups excluding carboxylic acids is 2. The van der Waals surface area contributed by atoms with Crippen LogP contribution in [0.3, 0.4) is 0 Å². The minimum atomic E-state index is -0.604. The SMILES string of the molecule is CCCCSSN(C(=O)c1ccc(Cl)cc1)N(C(=O)c1ccccc1)C(C)(C)C. The molecule has 0 aliphatic rings. The van der Waals surface area contributed by atoms with E-state index in [0.717, 1.165) is 18.6 Å². The van der Waals surface area contributed by atoms with Crippen LogP contribution in [0.25, 0.3) is 0 Å². The van der Waals surface area contributed by atoms with Crippen LogP contribution >= 0.6 is 33.4 Å². The summed E-state index contributed by atoms with van der Waals surface area (Å²) in [7, 11) is 2.87. The molecular formula is C22H27ClN2O2S2. The molecule has 0 aliphatic heterocycles. The zero-order valence-corrected chi connectivity index (χ0v) is 19.6. The van der Waals surface area contributed by atoms with Crippen LogP contribution in [0.4, 0.5) is 0 Å². The summed E-state index contributed by atoms with van der Waals surface area (Å²) in [4.78, 5) is 26.8. The highest BCUT2D eigenvalue weighted by Gasteiger charge is 2.37. The summed E-state index contributed by atoms with van der Waals surface area (Å²) in [6.07, 6.45) is 2.12. The van der Waals surface area contributed by atoms with Gasteiger partial charge in [0.1, 0.15) is 0 Å². The second-order valence-electron chi connectivity index (χ2n) is 7.49. The molecule has 7 heteroatoms. The van der Waals surface area contributed by atoms with Gasteiger partial charge in [-0.2, -0.15) is 4.41 Å². The van der Waals surface area contributed by atoms with E-state index in [0.29, 0.717) is 16.1 Å². The van der Waals surface area contributed by atoms with E-state index in [1.807, 2.05) is 39.0 Å². The Kier molecular flexibility index (Phi) is 8.93. The molecule has 0 aliphatic carbocycles. The molecule has 4 nitrogen and oxygen atoms in total. The first-order chi connectivity index (χ1) is 13.8. The first-order valence-electron chi connectivity index (χ1n) is 9.55. The van der Waals surface area contributed by atoms with E-state index in [9.17, 15) is 9.59 Å². The summed E-state index contributed by atoms with van der Waals surface area (Å²) in [6.45, 7) is 7.90. The third kappa shape index (κ3) is 6.69. The number of benzene rings is 2. The van der Waals surface area contributed by atoms with Gasteiger partial charge in [-0.15, -0.1) is 0 Å². The Morgan fingerprint density at radius 2 is 1.52 bits per heavy atom. The van der Waals surface area contributed by atoms with E-state index in [1.54, 1.807) is 52.2 Å². The Balaban J connectivity index is 2.41. The molecule has 0 bridgehead atoms. The second kappa shape index (κ2) is 11.0. The van der Waals surface area contributed by atoms with Gasteiger partial charge >= 0.3 is 0 Å². The van der Waals surface area contributed by atoms with Gasteiger partial charge < -0.3 is 0 Å². The molecule has 0 radical (unpaired) electrons. The van der Waals surface area contributed by atoms with Crippen molar-refractivity contribution in [2.45, 2.75) is 46.1 Å². The van der Waals surface area contributed by atoms with Gasteiger partial charge in [0.15, 0.2) is 0 Å². The number of rotatable bonds is 7. The van der Waals surface area contributed by atoms with Crippen molar-refractivity contribution < 1.29 is 9.59 Å². The number of hydrogen-bond acceptors (Lipinski definition) is 4. The van der Waals surface area contributed by atoms with Gasteiger partial charge in [-0.05, 0) is 63.6 Å². The zero-order valence-electron chi connectivity index (χ0n) is 17.2. The smallest absolute Gasteiger partial charge is 0.267 e. The number of hydrazine groups is 1. The van der Waals surface area contributed by atoms with Gasteiger partial charge in [-0.25, -0.2) is 5.01 Å². The Morgan fingerprint density at radius 1 is 0.931 bits per heavy atom. The maximum absolute atomic E-state index is 13.4. The van der Waals surface area contributed by atoms with Crippen molar-refractivity contribution in [3.05, 3.63) is 70.7 Å². The summed E-state index contributed by atoms with van der Waals surface area (Å²) < 4.78 is 1.49. The Hall–Kier alpha value is -1.63. The first kappa shape index (κ1) is 23.6. The van der Waals surface area contributed by atoms with Crippen molar-refractivity contribution in [3.8, 4) is 0 Å². The predicted octanol–water partition coefficient (Wildman–Crippen LogP) is 6.73. The zero-order chi connectivity index (χ0) is 21.4. The highest BCUT2D eigenvalue weighted by molar-refractivity contribution is 8.75. The molecule has 0 atom stereocenters. The third-order valence-corrected chi connectivity index (χ3v) is 6.52. The largest absolute Gasteiger partial charge is 0.283 e. The molecule has 29 heavy (non-hydrogen) atoms. The summed E-state index contributed by atoms with van der Waals surface area (Å²) in [5.41, 5.74) is 0.413. The van der Waals surface area contributed by atoms with Crippen LogP contribution in [-0.2, 0) is 0 Å². The summed E-state index contributed by atoms with van der Waals surface area (Å²) in [5, 5.41) is 2.11. The van der Waals surface area contributed by atoms with Gasteiger partial charge in [0.25, 0.3) is 11.8 Å². The lowest BCUT2D eigenvalue weighted by Gasteiger charge is -2.42. The lowest BCUT2D eigenvalue weighted by molar-refractivity contribution is 0.000526. The number of unbranched alkanes of at least 4 members (excludes halogenated alkanes) is 1. The van der Waals surface area contributed by atoms with Crippen molar-refractivity contribution in [1.29, 1.82) is 0 Å².